The molecule has 0 radical (unpaired) electrons. The second-order valence-corrected chi connectivity index (χ2v) is 5.28. The van der Waals surface area contributed by atoms with Crippen LogP contribution in [0.4, 0.5) is 0 Å². The van der Waals surface area contributed by atoms with Gasteiger partial charge in [-0.05, 0) is 18.2 Å². The number of carbonyl (C=O) groups is 1. The number of benzene rings is 1. The molecule has 0 spiro atoms. The summed E-state index contributed by atoms with van der Waals surface area (Å²) in [7, 11) is 1.27. The molecule has 1 aromatic carbocycles. The van der Waals surface area contributed by atoms with E-state index in [0.717, 1.165) is 0 Å². The number of nitrogens with zero attached hydrogens (tertiary/aromatic N) is 1. The summed E-state index contributed by atoms with van der Waals surface area (Å²) >= 11 is 24.4. The van der Waals surface area contributed by atoms with Crippen molar-refractivity contribution < 1.29 is 9.53 Å². The monoisotopic (exact) mass is 349 g/mol. The van der Waals surface area contributed by atoms with E-state index in [4.69, 9.17) is 51.1 Å². The predicted molar refractivity (Wildman–Crippen MR) is 81.1 cm³/mol. The minimum atomic E-state index is -0.573. The lowest BCUT2D eigenvalue weighted by Gasteiger charge is -2.13. The van der Waals surface area contributed by atoms with Gasteiger partial charge in [-0.15, -0.1) is 0 Å². The van der Waals surface area contributed by atoms with Crippen LogP contribution in [0.2, 0.25) is 20.2 Å². The van der Waals surface area contributed by atoms with Crippen LogP contribution in [0.5, 0.6) is 0 Å². The van der Waals surface area contributed by atoms with Gasteiger partial charge in [0.2, 0.25) is 0 Å². The largest absolute Gasteiger partial charge is 0.465 e. The Morgan fingerprint density at radius 1 is 1.05 bits per heavy atom. The maximum atomic E-state index is 11.8. The number of methoxy groups -OCH3 is 1. The average molecular weight is 351 g/mol. The first kappa shape index (κ1) is 15.4. The van der Waals surface area contributed by atoms with Crippen LogP contribution in [-0.2, 0) is 4.74 Å². The molecule has 0 fully saturated rings. The van der Waals surface area contributed by atoms with Crippen molar-refractivity contribution in [2.75, 3.05) is 7.11 Å². The van der Waals surface area contributed by atoms with E-state index in [1.165, 1.54) is 19.4 Å². The van der Waals surface area contributed by atoms with Crippen molar-refractivity contribution in [1.82, 2.24) is 4.98 Å². The Hall–Kier alpha value is -1.000. The van der Waals surface area contributed by atoms with Gasteiger partial charge >= 0.3 is 5.97 Å². The summed E-state index contributed by atoms with van der Waals surface area (Å²) in [5.41, 5.74) is 0.844. The summed E-state index contributed by atoms with van der Waals surface area (Å²) < 4.78 is 4.72. The Morgan fingerprint density at radius 2 is 1.70 bits per heavy atom. The SMILES string of the molecule is COC(=O)c1ccnc(Cl)c1-c1c(Cl)ccc(Cl)c1Cl. The van der Waals surface area contributed by atoms with Crippen molar-refractivity contribution >= 4 is 52.4 Å². The van der Waals surface area contributed by atoms with Crippen molar-refractivity contribution in [2.24, 2.45) is 0 Å². The van der Waals surface area contributed by atoms with Crippen LogP contribution >= 0.6 is 46.4 Å². The Morgan fingerprint density at radius 3 is 2.35 bits per heavy atom. The molecule has 0 atom stereocenters. The van der Waals surface area contributed by atoms with Gasteiger partial charge in [-0.25, -0.2) is 9.78 Å². The summed E-state index contributed by atoms with van der Waals surface area (Å²) in [6.07, 6.45) is 1.39. The summed E-state index contributed by atoms with van der Waals surface area (Å²) in [5, 5.41) is 0.874. The van der Waals surface area contributed by atoms with Gasteiger partial charge in [0.05, 0.1) is 27.7 Å². The molecule has 1 heterocycles. The standard InChI is InChI=1S/C13H7Cl4NO2/c1-20-13(19)6-4-5-18-12(17)9(6)10-7(14)2-3-8(15)11(10)16/h2-5H,1H3. The molecule has 0 amide bonds. The predicted octanol–water partition coefficient (Wildman–Crippen LogP) is 5.15. The molecule has 104 valence electrons. The molecular weight excluding hydrogens is 344 g/mol. The van der Waals surface area contributed by atoms with E-state index in [0.29, 0.717) is 21.2 Å². The number of carbonyl (C=O) groups excluding carboxylic acids is 1. The Bertz CT molecular complexity index is 688. The highest BCUT2D eigenvalue weighted by atomic mass is 35.5. The van der Waals surface area contributed by atoms with Crippen molar-refractivity contribution in [3.63, 3.8) is 0 Å². The van der Waals surface area contributed by atoms with Crippen LogP contribution in [0.1, 0.15) is 10.4 Å². The molecular formula is C13H7Cl4NO2. The zero-order valence-corrected chi connectivity index (χ0v) is 13.1. The summed E-state index contributed by atoms with van der Waals surface area (Å²) in [6, 6.07) is 4.59. The second kappa shape index (κ2) is 6.19. The minimum absolute atomic E-state index is 0.0824. The van der Waals surface area contributed by atoms with E-state index in [2.05, 4.69) is 4.98 Å². The van der Waals surface area contributed by atoms with Gasteiger partial charge in [0.1, 0.15) is 5.15 Å². The van der Waals surface area contributed by atoms with Crippen LogP contribution in [0, 0.1) is 0 Å². The lowest BCUT2D eigenvalue weighted by molar-refractivity contribution is 0.0601. The highest BCUT2D eigenvalue weighted by Crippen LogP contribution is 2.42. The molecule has 0 N–H and O–H groups in total. The van der Waals surface area contributed by atoms with Crippen LogP contribution in [-0.4, -0.2) is 18.1 Å². The van der Waals surface area contributed by atoms with Gasteiger partial charge in [-0.2, -0.15) is 0 Å². The van der Waals surface area contributed by atoms with E-state index in [1.54, 1.807) is 12.1 Å². The van der Waals surface area contributed by atoms with E-state index < -0.39 is 5.97 Å². The minimum Gasteiger partial charge on any atom is -0.465 e. The molecule has 0 unspecified atom stereocenters. The number of pyridine rings is 1. The molecule has 0 aliphatic carbocycles. The third-order valence-corrected chi connectivity index (χ3v) is 4.01. The smallest absolute Gasteiger partial charge is 0.338 e. The Labute approximate surface area is 135 Å². The highest BCUT2D eigenvalue weighted by molar-refractivity contribution is 6.47. The lowest BCUT2D eigenvalue weighted by Crippen LogP contribution is -2.05. The van der Waals surface area contributed by atoms with E-state index >= 15 is 0 Å². The van der Waals surface area contributed by atoms with Gasteiger partial charge in [0, 0.05) is 17.3 Å². The Kier molecular flexibility index (Phi) is 4.76. The van der Waals surface area contributed by atoms with Crippen molar-refractivity contribution in [3.05, 3.63) is 50.2 Å². The van der Waals surface area contributed by atoms with Crippen molar-refractivity contribution in [3.8, 4) is 11.1 Å². The molecule has 7 heteroatoms. The molecule has 1 aromatic heterocycles. The number of hydrogen-bond donors (Lipinski definition) is 0. The molecule has 2 rings (SSSR count). The molecule has 3 nitrogen and oxygen atoms in total. The first-order chi connectivity index (χ1) is 9.47. The zero-order valence-electron chi connectivity index (χ0n) is 10.1. The number of ether oxygens (including phenoxy) is 1. The molecule has 0 saturated heterocycles. The van der Waals surface area contributed by atoms with Gasteiger partial charge in [0.15, 0.2) is 0 Å². The number of halogens is 4. The van der Waals surface area contributed by atoms with Crippen molar-refractivity contribution in [1.29, 1.82) is 0 Å². The molecule has 0 saturated carbocycles. The van der Waals surface area contributed by atoms with Crippen LogP contribution in [0.15, 0.2) is 24.4 Å². The quantitative estimate of drug-likeness (QED) is 0.427. The van der Waals surface area contributed by atoms with Crippen LogP contribution < -0.4 is 0 Å². The fourth-order valence-corrected chi connectivity index (χ4v) is 2.68. The van der Waals surface area contributed by atoms with Gasteiger partial charge in [-0.1, -0.05) is 46.4 Å². The summed E-state index contributed by atoms with van der Waals surface area (Å²) in [6.45, 7) is 0. The fourth-order valence-electron chi connectivity index (χ4n) is 1.71. The van der Waals surface area contributed by atoms with Crippen LogP contribution in [0.3, 0.4) is 0 Å². The lowest BCUT2D eigenvalue weighted by atomic mass is 10.0. The third-order valence-electron chi connectivity index (χ3n) is 2.60. The van der Waals surface area contributed by atoms with E-state index in [-0.39, 0.29) is 15.7 Å². The maximum absolute atomic E-state index is 11.8. The highest BCUT2D eigenvalue weighted by Gasteiger charge is 2.22. The normalized spacial score (nSPS) is 10.4. The van der Waals surface area contributed by atoms with Crippen LogP contribution in [0.25, 0.3) is 11.1 Å². The topological polar surface area (TPSA) is 39.2 Å². The maximum Gasteiger partial charge on any atom is 0.338 e. The second-order valence-electron chi connectivity index (χ2n) is 3.73. The number of rotatable bonds is 2. The molecule has 2 aromatic rings. The number of hydrogen-bond acceptors (Lipinski definition) is 3. The van der Waals surface area contributed by atoms with Gasteiger partial charge in [0.25, 0.3) is 0 Å². The summed E-state index contributed by atoms with van der Waals surface area (Å²) in [4.78, 5) is 15.8. The van der Waals surface area contributed by atoms with E-state index in [9.17, 15) is 4.79 Å². The fraction of sp³-hybridized carbons (Fsp3) is 0.0769. The van der Waals surface area contributed by atoms with Gasteiger partial charge in [-0.3, -0.25) is 0 Å². The zero-order chi connectivity index (χ0) is 14.9. The van der Waals surface area contributed by atoms with Gasteiger partial charge < -0.3 is 4.74 Å². The molecule has 20 heavy (non-hydrogen) atoms. The summed E-state index contributed by atoms with van der Waals surface area (Å²) in [5.74, 6) is -0.573. The van der Waals surface area contributed by atoms with E-state index in [1.807, 2.05) is 0 Å². The molecule has 0 aliphatic heterocycles. The molecule has 0 bridgehead atoms. The van der Waals surface area contributed by atoms with Crippen molar-refractivity contribution in [2.45, 2.75) is 0 Å². The number of esters is 1. The number of aromatic nitrogens is 1. The molecule has 0 aliphatic rings. The first-order valence-electron chi connectivity index (χ1n) is 5.34. The Balaban J connectivity index is 2.83. The first-order valence-corrected chi connectivity index (χ1v) is 6.85. The average Bonchev–Trinajstić information content (AvgIpc) is 2.44. The third kappa shape index (κ3) is 2.72.